The van der Waals surface area contributed by atoms with Gasteiger partial charge in [0.2, 0.25) is 0 Å². The van der Waals surface area contributed by atoms with Gasteiger partial charge in [-0.3, -0.25) is 0 Å². The van der Waals surface area contributed by atoms with E-state index >= 15 is 0 Å². The third-order valence-corrected chi connectivity index (χ3v) is 2.40. The molecule has 17 heavy (non-hydrogen) atoms. The van der Waals surface area contributed by atoms with Gasteiger partial charge in [-0.25, -0.2) is 14.1 Å². The van der Waals surface area contributed by atoms with Crippen molar-refractivity contribution in [3.05, 3.63) is 29.6 Å². The van der Waals surface area contributed by atoms with E-state index in [0.29, 0.717) is 17.3 Å². The minimum Gasteiger partial charge on any atom is -0.494 e. The van der Waals surface area contributed by atoms with Crippen LogP contribution in [0.4, 0.5) is 10.1 Å². The Hall–Kier alpha value is -2.11. The highest BCUT2D eigenvalue weighted by atomic mass is 19.1. The highest BCUT2D eigenvalue weighted by molar-refractivity contribution is 5.60. The summed E-state index contributed by atoms with van der Waals surface area (Å²) in [5.41, 5.74) is 6.62. The van der Waals surface area contributed by atoms with Gasteiger partial charge in [-0.1, -0.05) is 0 Å². The standard InChI is InChI=1S/C11H13FN4O/c1-6-14-7(2)16(15-6)10-5-11(17-3)8(12)4-9(10)13/h4-5H,13H2,1-3H3. The van der Waals surface area contributed by atoms with Crippen molar-refractivity contribution in [1.29, 1.82) is 0 Å². The van der Waals surface area contributed by atoms with Gasteiger partial charge < -0.3 is 10.5 Å². The van der Waals surface area contributed by atoms with E-state index in [-0.39, 0.29) is 11.4 Å². The van der Waals surface area contributed by atoms with Gasteiger partial charge in [0, 0.05) is 12.1 Å². The number of ether oxygens (including phenoxy) is 1. The number of methoxy groups -OCH3 is 1. The largest absolute Gasteiger partial charge is 0.494 e. The van der Waals surface area contributed by atoms with E-state index in [9.17, 15) is 4.39 Å². The molecule has 2 rings (SSSR count). The van der Waals surface area contributed by atoms with Crippen LogP contribution in [0.5, 0.6) is 5.75 Å². The van der Waals surface area contributed by atoms with Gasteiger partial charge in [-0.05, 0) is 13.8 Å². The van der Waals surface area contributed by atoms with Crippen molar-refractivity contribution < 1.29 is 9.13 Å². The molecule has 1 heterocycles. The van der Waals surface area contributed by atoms with Crippen LogP contribution in [0.25, 0.3) is 5.69 Å². The molecule has 0 bridgehead atoms. The lowest BCUT2D eigenvalue weighted by Crippen LogP contribution is -2.05. The lowest BCUT2D eigenvalue weighted by molar-refractivity contribution is 0.386. The highest BCUT2D eigenvalue weighted by Gasteiger charge is 2.13. The Morgan fingerprint density at radius 3 is 2.59 bits per heavy atom. The SMILES string of the molecule is COc1cc(-n2nc(C)nc2C)c(N)cc1F. The molecule has 0 unspecified atom stereocenters. The Morgan fingerprint density at radius 1 is 1.35 bits per heavy atom. The van der Waals surface area contributed by atoms with E-state index in [0.717, 1.165) is 0 Å². The highest BCUT2D eigenvalue weighted by Crippen LogP contribution is 2.26. The number of anilines is 1. The van der Waals surface area contributed by atoms with Crippen LogP contribution < -0.4 is 10.5 Å². The van der Waals surface area contributed by atoms with Crippen LogP contribution in [-0.4, -0.2) is 21.9 Å². The average Bonchev–Trinajstić information content (AvgIpc) is 2.58. The van der Waals surface area contributed by atoms with Crippen molar-refractivity contribution in [3.8, 4) is 11.4 Å². The average molecular weight is 236 g/mol. The second-order valence-electron chi connectivity index (χ2n) is 3.66. The van der Waals surface area contributed by atoms with E-state index in [1.807, 2.05) is 0 Å². The van der Waals surface area contributed by atoms with Gasteiger partial charge >= 0.3 is 0 Å². The molecule has 0 aliphatic carbocycles. The molecule has 0 radical (unpaired) electrons. The molecule has 0 amide bonds. The quantitative estimate of drug-likeness (QED) is 0.804. The number of rotatable bonds is 2. The van der Waals surface area contributed by atoms with Crippen LogP contribution in [0.1, 0.15) is 11.6 Å². The maximum absolute atomic E-state index is 13.4. The Balaban J connectivity index is 2.63. The fourth-order valence-electron chi connectivity index (χ4n) is 1.65. The van der Waals surface area contributed by atoms with Gasteiger partial charge in [0.15, 0.2) is 11.6 Å². The molecule has 2 N–H and O–H groups in total. The molecule has 2 aromatic rings. The molecule has 6 heteroatoms. The first-order chi connectivity index (χ1) is 8.02. The fraction of sp³-hybridized carbons (Fsp3) is 0.273. The molecule has 0 saturated heterocycles. The molecule has 0 saturated carbocycles. The molecule has 0 aliphatic rings. The summed E-state index contributed by atoms with van der Waals surface area (Å²) in [5.74, 6) is 0.943. The Morgan fingerprint density at radius 2 is 2.06 bits per heavy atom. The summed E-state index contributed by atoms with van der Waals surface area (Å²) in [6, 6.07) is 2.72. The number of nitrogens with zero attached hydrogens (tertiary/aromatic N) is 3. The van der Waals surface area contributed by atoms with Gasteiger partial charge in [-0.2, -0.15) is 5.10 Å². The zero-order valence-corrected chi connectivity index (χ0v) is 9.86. The summed E-state index contributed by atoms with van der Waals surface area (Å²) in [6.45, 7) is 3.58. The summed E-state index contributed by atoms with van der Waals surface area (Å²) in [4.78, 5) is 4.17. The molecule has 0 fully saturated rings. The number of nitrogens with two attached hydrogens (primary N) is 1. The minimum atomic E-state index is -0.497. The number of aryl methyl sites for hydroxylation is 2. The number of hydrogen-bond acceptors (Lipinski definition) is 4. The third-order valence-electron chi connectivity index (χ3n) is 2.40. The van der Waals surface area contributed by atoms with E-state index in [2.05, 4.69) is 10.1 Å². The first-order valence-corrected chi connectivity index (χ1v) is 5.06. The topological polar surface area (TPSA) is 66.0 Å². The van der Waals surface area contributed by atoms with E-state index in [1.54, 1.807) is 18.5 Å². The summed E-state index contributed by atoms with van der Waals surface area (Å²) < 4.78 is 19.9. The molecule has 0 aliphatic heterocycles. The summed E-state index contributed by atoms with van der Waals surface area (Å²) in [6.07, 6.45) is 0. The summed E-state index contributed by atoms with van der Waals surface area (Å²) in [7, 11) is 1.40. The number of halogens is 1. The summed E-state index contributed by atoms with van der Waals surface area (Å²) >= 11 is 0. The van der Waals surface area contributed by atoms with Crippen LogP contribution in [0, 0.1) is 19.7 Å². The molecule has 0 spiro atoms. The molecule has 1 aromatic carbocycles. The van der Waals surface area contributed by atoms with Gasteiger partial charge in [0.1, 0.15) is 11.6 Å². The monoisotopic (exact) mass is 236 g/mol. The molecular formula is C11H13FN4O. The van der Waals surface area contributed by atoms with Crippen LogP contribution in [0.2, 0.25) is 0 Å². The smallest absolute Gasteiger partial charge is 0.167 e. The normalized spacial score (nSPS) is 10.6. The van der Waals surface area contributed by atoms with E-state index in [4.69, 9.17) is 10.5 Å². The van der Waals surface area contributed by atoms with Gasteiger partial charge in [0.05, 0.1) is 18.5 Å². The number of aromatic nitrogens is 3. The molecule has 5 nitrogen and oxygen atoms in total. The molecule has 90 valence electrons. The lowest BCUT2D eigenvalue weighted by Gasteiger charge is -2.10. The predicted octanol–water partition coefficient (Wildman–Crippen LogP) is 1.61. The van der Waals surface area contributed by atoms with Crippen molar-refractivity contribution in [3.63, 3.8) is 0 Å². The maximum Gasteiger partial charge on any atom is 0.167 e. The van der Waals surface area contributed by atoms with Crippen LogP contribution >= 0.6 is 0 Å². The van der Waals surface area contributed by atoms with Crippen molar-refractivity contribution in [2.75, 3.05) is 12.8 Å². The van der Waals surface area contributed by atoms with Crippen LogP contribution in [-0.2, 0) is 0 Å². The van der Waals surface area contributed by atoms with Crippen molar-refractivity contribution in [2.45, 2.75) is 13.8 Å². The molecular weight excluding hydrogens is 223 g/mol. The minimum absolute atomic E-state index is 0.127. The number of hydrogen-bond donors (Lipinski definition) is 1. The Bertz CT molecular complexity index is 565. The van der Waals surface area contributed by atoms with Gasteiger partial charge in [-0.15, -0.1) is 0 Å². The first kappa shape index (κ1) is 11.4. The number of benzene rings is 1. The lowest BCUT2D eigenvalue weighted by atomic mass is 10.2. The second-order valence-corrected chi connectivity index (χ2v) is 3.66. The molecule has 0 atom stereocenters. The van der Waals surface area contributed by atoms with Crippen molar-refractivity contribution in [2.24, 2.45) is 0 Å². The van der Waals surface area contributed by atoms with Crippen LogP contribution in [0.3, 0.4) is 0 Å². The van der Waals surface area contributed by atoms with E-state index in [1.165, 1.54) is 19.2 Å². The number of nitrogen functional groups attached to an aromatic ring is 1. The zero-order chi connectivity index (χ0) is 12.6. The predicted molar refractivity (Wildman–Crippen MR) is 61.8 cm³/mol. The van der Waals surface area contributed by atoms with Crippen molar-refractivity contribution in [1.82, 2.24) is 14.8 Å². The first-order valence-electron chi connectivity index (χ1n) is 5.06. The maximum atomic E-state index is 13.4. The summed E-state index contributed by atoms with van der Waals surface area (Å²) in [5, 5.41) is 4.19. The fourth-order valence-corrected chi connectivity index (χ4v) is 1.65. The zero-order valence-electron chi connectivity index (χ0n) is 9.86. The van der Waals surface area contributed by atoms with Crippen LogP contribution in [0.15, 0.2) is 12.1 Å². The Kier molecular flexibility index (Phi) is 2.71. The van der Waals surface area contributed by atoms with E-state index < -0.39 is 5.82 Å². The third kappa shape index (κ3) is 1.93. The molecule has 1 aromatic heterocycles. The second kappa shape index (κ2) is 4.04. The van der Waals surface area contributed by atoms with Crippen molar-refractivity contribution >= 4 is 5.69 Å². The van der Waals surface area contributed by atoms with Gasteiger partial charge in [0.25, 0.3) is 0 Å². The Labute approximate surface area is 98.0 Å².